The topological polar surface area (TPSA) is 29.5 Å². The van der Waals surface area contributed by atoms with Crippen LogP contribution in [-0.2, 0) is 14.9 Å². The Labute approximate surface area is 140 Å². The average Bonchev–Trinajstić information content (AvgIpc) is 3.21. The van der Waals surface area contributed by atoms with E-state index < -0.39 is 5.41 Å². The highest BCUT2D eigenvalue weighted by Crippen LogP contribution is 2.55. The van der Waals surface area contributed by atoms with Gasteiger partial charge in [-0.2, -0.15) is 0 Å². The first-order valence-electron chi connectivity index (χ1n) is 8.06. The van der Waals surface area contributed by atoms with Crippen molar-refractivity contribution in [2.75, 3.05) is 26.7 Å². The minimum Gasteiger partial charge on any atom is -0.465 e. The molecule has 0 N–H and O–H groups in total. The van der Waals surface area contributed by atoms with Crippen LogP contribution in [0.15, 0.2) is 30.3 Å². The minimum atomic E-state index is -0.405. The Morgan fingerprint density at radius 1 is 1.32 bits per heavy atom. The number of hydrogen-bond donors (Lipinski definition) is 0. The van der Waals surface area contributed by atoms with E-state index in [1.54, 1.807) is 0 Å². The fourth-order valence-electron chi connectivity index (χ4n) is 3.16. The third-order valence-electron chi connectivity index (χ3n) is 4.46. The van der Waals surface area contributed by atoms with E-state index in [1.807, 2.05) is 25.1 Å². The second-order valence-corrected chi connectivity index (χ2v) is 6.07. The van der Waals surface area contributed by atoms with Gasteiger partial charge in [0, 0.05) is 6.54 Å². The molecule has 124 valence electrons. The number of hydrogen-bond acceptors (Lipinski definition) is 3. The second kappa shape index (κ2) is 8.54. The van der Waals surface area contributed by atoms with Gasteiger partial charge in [-0.15, -0.1) is 12.4 Å². The van der Waals surface area contributed by atoms with Gasteiger partial charge < -0.3 is 9.64 Å². The van der Waals surface area contributed by atoms with Crippen molar-refractivity contribution in [1.82, 2.24) is 4.90 Å². The summed E-state index contributed by atoms with van der Waals surface area (Å²) in [5.74, 6) is 0.325. The predicted molar refractivity (Wildman–Crippen MR) is 92.5 cm³/mol. The van der Waals surface area contributed by atoms with E-state index in [1.165, 1.54) is 12.8 Å². The Balaban J connectivity index is 0.00000242. The molecular formula is C18H28ClNO2. The van der Waals surface area contributed by atoms with E-state index in [2.05, 4.69) is 31.0 Å². The summed E-state index contributed by atoms with van der Waals surface area (Å²) >= 11 is 0. The van der Waals surface area contributed by atoms with E-state index in [4.69, 9.17) is 4.74 Å². The zero-order valence-electron chi connectivity index (χ0n) is 13.9. The Morgan fingerprint density at radius 3 is 2.59 bits per heavy atom. The summed E-state index contributed by atoms with van der Waals surface area (Å²) < 4.78 is 5.36. The Kier molecular flexibility index (Phi) is 7.37. The molecule has 0 amide bonds. The summed E-state index contributed by atoms with van der Waals surface area (Å²) in [6.45, 7) is 6.60. The molecule has 0 heterocycles. The monoisotopic (exact) mass is 325 g/mol. The van der Waals surface area contributed by atoms with Crippen LogP contribution in [-0.4, -0.2) is 37.6 Å². The molecule has 1 unspecified atom stereocenters. The number of benzene rings is 1. The number of carbonyl (C=O) groups excluding carboxylic acids is 1. The van der Waals surface area contributed by atoms with Crippen LogP contribution in [0.2, 0.25) is 0 Å². The molecule has 0 aromatic heterocycles. The van der Waals surface area contributed by atoms with Crippen LogP contribution >= 0.6 is 12.4 Å². The fourth-order valence-corrected chi connectivity index (χ4v) is 3.16. The summed E-state index contributed by atoms with van der Waals surface area (Å²) in [5.41, 5.74) is 0.704. The molecule has 1 saturated carbocycles. The molecule has 2 rings (SSSR count). The highest BCUT2D eigenvalue weighted by Gasteiger charge is 2.62. The van der Waals surface area contributed by atoms with Crippen molar-refractivity contribution in [1.29, 1.82) is 0 Å². The first kappa shape index (κ1) is 19.0. The Bertz CT molecular complexity index is 465. The molecule has 1 aromatic carbocycles. The van der Waals surface area contributed by atoms with Gasteiger partial charge in [-0.3, -0.25) is 4.79 Å². The lowest BCUT2D eigenvalue weighted by Crippen LogP contribution is -2.30. The molecule has 0 bridgehead atoms. The smallest absolute Gasteiger partial charge is 0.316 e. The second-order valence-electron chi connectivity index (χ2n) is 6.07. The zero-order chi connectivity index (χ0) is 15.3. The molecule has 1 aliphatic rings. The van der Waals surface area contributed by atoms with E-state index in [9.17, 15) is 4.79 Å². The van der Waals surface area contributed by atoms with E-state index >= 15 is 0 Å². The van der Waals surface area contributed by atoms with Gasteiger partial charge in [-0.1, -0.05) is 43.7 Å². The molecule has 1 fully saturated rings. The maximum Gasteiger partial charge on any atom is 0.316 e. The molecule has 1 aromatic rings. The number of rotatable bonds is 8. The van der Waals surface area contributed by atoms with Crippen LogP contribution in [0.25, 0.3) is 0 Å². The summed E-state index contributed by atoms with van der Waals surface area (Å²) in [6, 6.07) is 10.1. The molecule has 0 spiro atoms. The Hall–Kier alpha value is -1.06. The van der Waals surface area contributed by atoms with Gasteiger partial charge >= 0.3 is 5.97 Å². The van der Waals surface area contributed by atoms with Gasteiger partial charge in [0.25, 0.3) is 0 Å². The van der Waals surface area contributed by atoms with Crippen molar-refractivity contribution >= 4 is 18.4 Å². The van der Waals surface area contributed by atoms with Crippen LogP contribution in [0.4, 0.5) is 0 Å². The number of esters is 1. The standard InChI is InChI=1S/C18H27NO2.ClH/c1-4-6-12-19(3)14-16-13-18(16,17(20)21-5-2)15-10-8-7-9-11-15;/h7-11,16H,4-6,12-14H2,1-3H3;1H/t16?,18-;/m1./s1. The van der Waals surface area contributed by atoms with Crippen LogP contribution < -0.4 is 0 Å². The maximum absolute atomic E-state index is 12.5. The van der Waals surface area contributed by atoms with Crippen molar-refractivity contribution in [3.63, 3.8) is 0 Å². The maximum atomic E-state index is 12.5. The van der Waals surface area contributed by atoms with Crippen molar-refractivity contribution in [3.05, 3.63) is 35.9 Å². The summed E-state index contributed by atoms with van der Waals surface area (Å²) in [6.07, 6.45) is 3.32. The molecule has 3 nitrogen and oxygen atoms in total. The third-order valence-corrected chi connectivity index (χ3v) is 4.46. The summed E-state index contributed by atoms with van der Waals surface area (Å²) in [7, 11) is 2.15. The molecule has 22 heavy (non-hydrogen) atoms. The normalized spacial score (nSPS) is 23.0. The highest BCUT2D eigenvalue weighted by atomic mass is 35.5. The summed E-state index contributed by atoms with van der Waals surface area (Å²) in [5, 5.41) is 0. The lowest BCUT2D eigenvalue weighted by atomic mass is 9.93. The number of carbonyl (C=O) groups is 1. The summed E-state index contributed by atoms with van der Waals surface area (Å²) in [4.78, 5) is 14.8. The molecule has 4 heteroatoms. The van der Waals surface area contributed by atoms with Crippen LogP contribution in [0.5, 0.6) is 0 Å². The van der Waals surface area contributed by atoms with Crippen molar-refractivity contribution < 1.29 is 9.53 Å². The van der Waals surface area contributed by atoms with Crippen molar-refractivity contribution in [2.45, 2.75) is 38.5 Å². The fraction of sp³-hybridized carbons (Fsp3) is 0.611. The predicted octanol–water partition coefficient (Wildman–Crippen LogP) is 3.66. The van der Waals surface area contributed by atoms with Gasteiger partial charge in [-0.25, -0.2) is 0 Å². The first-order chi connectivity index (χ1) is 10.1. The highest BCUT2D eigenvalue weighted by molar-refractivity contribution is 5.87. The quantitative estimate of drug-likeness (QED) is 0.683. The molecule has 0 aliphatic heterocycles. The molecule has 2 atom stereocenters. The van der Waals surface area contributed by atoms with Gasteiger partial charge in [0.2, 0.25) is 0 Å². The molecule has 0 radical (unpaired) electrons. The number of nitrogens with zero attached hydrogens (tertiary/aromatic N) is 1. The van der Waals surface area contributed by atoms with E-state index in [0.717, 1.165) is 25.1 Å². The van der Waals surface area contributed by atoms with Gasteiger partial charge in [0.15, 0.2) is 0 Å². The largest absolute Gasteiger partial charge is 0.465 e. The zero-order valence-corrected chi connectivity index (χ0v) is 14.7. The lowest BCUT2D eigenvalue weighted by Gasteiger charge is -2.20. The van der Waals surface area contributed by atoms with Crippen LogP contribution in [0.3, 0.4) is 0 Å². The number of halogens is 1. The lowest BCUT2D eigenvalue weighted by molar-refractivity contribution is -0.146. The van der Waals surface area contributed by atoms with Gasteiger partial charge in [0.05, 0.1) is 12.0 Å². The van der Waals surface area contributed by atoms with Crippen molar-refractivity contribution in [2.24, 2.45) is 5.92 Å². The van der Waals surface area contributed by atoms with Crippen LogP contribution in [0.1, 0.15) is 38.7 Å². The number of unbranched alkanes of at least 4 members (excludes halogenated alkanes) is 1. The van der Waals surface area contributed by atoms with E-state index in [0.29, 0.717) is 12.5 Å². The van der Waals surface area contributed by atoms with Crippen LogP contribution in [0, 0.1) is 5.92 Å². The van der Waals surface area contributed by atoms with Crippen molar-refractivity contribution in [3.8, 4) is 0 Å². The Morgan fingerprint density at radius 2 is 2.00 bits per heavy atom. The average molecular weight is 326 g/mol. The molecular weight excluding hydrogens is 298 g/mol. The van der Waals surface area contributed by atoms with Gasteiger partial charge in [-0.05, 0) is 44.8 Å². The molecule has 1 aliphatic carbocycles. The third kappa shape index (κ3) is 4.02. The first-order valence-corrected chi connectivity index (χ1v) is 8.06. The molecule has 0 saturated heterocycles. The van der Waals surface area contributed by atoms with Gasteiger partial charge in [0.1, 0.15) is 0 Å². The number of ether oxygens (including phenoxy) is 1. The SMILES string of the molecule is CCCCN(C)CC1C[C@@]1(C(=O)OCC)c1ccccc1.Cl. The van der Waals surface area contributed by atoms with E-state index in [-0.39, 0.29) is 18.4 Å². The minimum absolute atomic E-state index is 0.